The van der Waals surface area contributed by atoms with Crippen LogP contribution in [-0.4, -0.2) is 25.8 Å². The van der Waals surface area contributed by atoms with Gasteiger partial charge in [-0.2, -0.15) is 0 Å². The third-order valence-corrected chi connectivity index (χ3v) is 4.92. The van der Waals surface area contributed by atoms with Crippen molar-refractivity contribution in [2.75, 3.05) is 7.05 Å². The largest absolute Gasteiger partial charge is 0.333 e. The Kier molecular flexibility index (Phi) is 3.45. The van der Waals surface area contributed by atoms with Crippen molar-refractivity contribution < 1.29 is 13.2 Å². The molecule has 9 heteroatoms. The summed E-state index contributed by atoms with van der Waals surface area (Å²) in [5.74, 6) is 0. The van der Waals surface area contributed by atoms with Crippen molar-refractivity contribution in [3.8, 4) is 0 Å². The number of nitrogens with one attached hydrogen (secondary N) is 1. The highest BCUT2D eigenvalue weighted by molar-refractivity contribution is 7.97. The summed E-state index contributed by atoms with van der Waals surface area (Å²) in [5, 5.41) is 7.74. The molecule has 0 aromatic heterocycles. The summed E-state index contributed by atoms with van der Waals surface area (Å²) in [6.07, 6.45) is 0. The topological polar surface area (TPSA) is 92.5 Å². The Bertz CT molecular complexity index is 618. The molecule has 0 saturated carbocycles. The zero-order chi connectivity index (χ0) is 13.5. The van der Waals surface area contributed by atoms with Crippen molar-refractivity contribution in [3.05, 3.63) is 22.7 Å². The number of fused-ring (bicyclic) bond motifs is 1. The molecule has 1 aromatic rings. The van der Waals surface area contributed by atoms with Crippen molar-refractivity contribution >= 4 is 39.6 Å². The van der Waals surface area contributed by atoms with E-state index in [-0.39, 0.29) is 22.5 Å². The molecule has 0 aliphatic carbocycles. The van der Waals surface area contributed by atoms with E-state index in [1.807, 2.05) is 0 Å². The maximum Gasteiger partial charge on any atom is 0.327 e. The van der Waals surface area contributed by atoms with Gasteiger partial charge in [0.25, 0.3) is 0 Å². The summed E-state index contributed by atoms with van der Waals surface area (Å²) in [6.45, 7) is 0.160. The first kappa shape index (κ1) is 13.5. The van der Waals surface area contributed by atoms with E-state index in [1.54, 1.807) is 13.1 Å². The normalized spacial score (nSPS) is 15.9. The predicted octanol–water partition coefficient (Wildman–Crippen LogP) is 1.15. The predicted molar refractivity (Wildman–Crippen MR) is 68.7 cm³/mol. The average Bonchev–Trinajstić information content (AvgIpc) is 2.38. The van der Waals surface area contributed by atoms with Crippen molar-refractivity contribution in [3.63, 3.8) is 0 Å². The third kappa shape index (κ3) is 2.41. The molecule has 6 nitrogen and oxygen atoms in total. The zero-order valence-corrected chi connectivity index (χ0v) is 11.7. The maximum absolute atomic E-state index is 11.5. The van der Waals surface area contributed by atoms with Crippen LogP contribution in [0.3, 0.4) is 0 Å². The molecule has 0 radical (unpaired) electrons. The van der Waals surface area contributed by atoms with E-state index in [2.05, 4.69) is 5.32 Å². The van der Waals surface area contributed by atoms with E-state index in [9.17, 15) is 13.2 Å². The van der Waals surface area contributed by atoms with Crippen LogP contribution in [0.25, 0.3) is 0 Å². The Balaban J connectivity index is 2.57. The molecule has 1 heterocycles. The first-order chi connectivity index (χ1) is 8.30. The lowest BCUT2D eigenvalue weighted by molar-refractivity contribution is 0.230. The molecular weight excluding hydrogens is 298 g/mol. The number of hydrogen-bond donors (Lipinski definition) is 2. The highest BCUT2D eigenvalue weighted by Gasteiger charge is 2.24. The second-order valence-electron chi connectivity index (χ2n) is 3.65. The van der Waals surface area contributed by atoms with Crippen molar-refractivity contribution in [1.29, 1.82) is 0 Å². The molecule has 1 aromatic carbocycles. The van der Waals surface area contributed by atoms with E-state index in [0.717, 1.165) is 0 Å². The SMILES string of the molecule is CN1Sc2ccc(S(N)(=O)=O)c(Cl)c2CNC1=O. The lowest BCUT2D eigenvalue weighted by Gasteiger charge is -2.12. The third-order valence-electron chi connectivity index (χ3n) is 2.41. The van der Waals surface area contributed by atoms with Crippen LogP contribution < -0.4 is 10.5 Å². The number of primary sulfonamides is 1. The smallest absolute Gasteiger partial charge is 0.327 e. The Hall–Kier alpha value is -0.960. The van der Waals surface area contributed by atoms with Crippen LogP contribution in [0.2, 0.25) is 5.02 Å². The van der Waals surface area contributed by atoms with Gasteiger partial charge < -0.3 is 5.32 Å². The van der Waals surface area contributed by atoms with E-state index in [0.29, 0.717) is 10.5 Å². The number of carbonyl (C=O) groups is 1. The van der Waals surface area contributed by atoms with Crippen LogP contribution in [0.5, 0.6) is 0 Å². The fourth-order valence-corrected chi connectivity index (χ4v) is 3.61. The number of nitrogens with two attached hydrogens (primary N) is 1. The van der Waals surface area contributed by atoms with Crippen LogP contribution in [0, 0.1) is 0 Å². The molecule has 0 fully saturated rings. The summed E-state index contributed by atoms with van der Waals surface area (Å²) in [7, 11) is -2.27. The van der Waals surface area contributed by atoms with Crippen LogP contribution in [0.15, 0.2) is 21.9 Å². The molecule has 0 unspecified atom stereocenters. The minimum Gasteiger partial charge on any atom is -0.333 e. The lowest BCUT2D eigenvalue weighted by atomic mass is 10.2. The quantitative estimate of drug-likeness (QED) is 0.761. The van der Waals surface area contributed by atoms with Gasteiger partial charge in [-0.05, 0) is 24.1 Å². The zero-order valence-electron chi connectivity index (χ0n) is 9.31. The fourth-order valence-electron chi connectivity index (χ4n) is 1.52. The van der Waals surface area contributed by atoms with Crippen LogP contribution in [0.4, 0.5) is 4.79 Å². The van der Waals surface area contributed by atoms with Gasteiger partial charge in [0.1, 0.15) is 4.90 Å². The molecule has 18 heavy (non-hydrogen) atoms. The van der Waals surface area contributed by atoms with E-state index in [4.69, 9.17) is 16.7 Å². The van der Waals surface area contributed by atoms with Gasteiger partial charge in [0.15, 0.2) is 0 Å². The minimum absolute atomic E-state index is 0.0538. The number of nitrogens with zero attached hydrogens (tertiary/aromatic N) is 1. The summed E-state index contributed by atoms with van der Waals surface area (Å²) in [4.78, 5) is 12.1. The molecule has 2 amide bonds. The van der Waals surface area contributed by atoms with Crippen molar-refractivity contribution in [2.24, 2.45) is 5.14 Å². The summed E-state index contributed by atoms with van der Waals surface area (Å²) >= 11 is 7.21. The highest BCUT2D eigenvalue weighted by Crippen LogP contribution is 2.35. The maximum atomic E-state index is 11.5. The van der Waals surface area contributed by atoms with Crippen LogP contribution >= 0.6 is 23.5 Å². The monoisotopic (exact) mass is 307 g/mol. The molecule has 0 spiro atoms. The van der Waals surface area contributed by atoms with Gasteiger partial charge in [-0.3, -0.25) is 4.31 Å². The molecule has 1 aliphatic heterocycles. The number of halogens is 1. The van der Waals surface area contributed by atoms with E-state index < -0.39 is 10.0 Å². The van der Waals surface area contributed by atoms with E-state index in [1.165, 1.54) is 22.3 Å². The van der Waals surface area contributed by atoms with Gasteiger partial charge >= 0.3 is 6.03 Å². The summed E-state index contributed by atoms with van der Waals surface area (Å²) in [6, 6.07) is 2.65. The summed E-state index contributed by atoms with van der Waals surface area (Å²) in [5.41, 5.74) is 0.547. The summed E-state index contributed by atoms with van der Waals surface area (Å²) < 4.78 is 24.1. The lowest BCUT2D eigenvalue weighted by Crippen LogP contribution is -2.30. The second-order valence-corrected chi connectivity index (χ2v) is 6.72. The Morgan fingerprint density at radius 2 is 2.17 bits per heavy atom. The number of carbonyl (C=O) groups excluding carboxylic acids is 1. The van der Waals surface area contributed by atoms with Gasteiger partial charge in [-0.25, -0.2) is 18.4 Å². The number of benzene rings is 1. The first-order valence-electron chi connectivity index (χ1n) is 4.84. The van der Waals surface area contributed by atoms with Gasteiger partial charge in [0.2, 0.25) is 10.0 Å². The molecule has 2 rings (SSSR count). The van der Waals surface area contributed by atoms with Gasteiger partial charge in [0, 0.05) is 24.1 Å². The molecule has 0 atom stereocenters. The molecule has 98 valence electrons. The standard InChI is InChI=1S/C9H10ClN3O3S2/c1-13-9(14)12-4-5-6(17-13)2-3-7(8(5)10)18(11,15)16/h2-3H,4H2,1H3,(H,12,14)(H2,11,15,16). The number of amides is 2. The van der Waals surface area contributed by atoms with Gasteiger partial charge in [-0.1, -0.05) is 11.6 Å². The van der Waals surface area contributed by atoms with Crippen molar-refractivity contribution in [1.82, 2.24) is 9.62 Å². The van der Waals surface area contributed by atoms with Gasteiger partial charge in [0.05, 0.1) is 5.02 Å². The second kappa shape index (κ2) is 4.61. The molecule has 3 N–H and O–H groups in total. The number of rotatable bonds is 1. The van der Waals surface area contributed by atoms with Crippen LogP contribution in [-0.2, 0) is 16.6 Å². The van der Waals surface area contributed by atoms with Gasteiger partial charge in [-0.15, -0.1) is 0 Å². The molecule has 1 aliphatic rings. The fraction of sp³-hybridized carbons (Fsp3) is 0.222. The van der Waals surface area contributed by atoms with Crippen LogP contribution in [0.1, 0.15) is 5.56 Å². The highest BCUT2D eigenvalue weighted by atomic mass is 35.5. The Labute approximate surface area is 114 Å². The number of sulfonamides is 1. The minimum atomic E-state index is -3.87. The molecule has 0 saturated heterocycles. The average molecular weight is 308 g/mol. The number of urea groups is 1. The Morgan fingerprint density at radius 3 is 2.78 bits per heavy atom. The number of hydrogen-bond acceptors (Lipinski definition) is 4. The Morgan fingerprint density at radius 1 is 1.50 bits per heavy atom. The van der Waals surface area contributed by atoms with E-state index >= 15 is 0 Å². The molecular formula is C9H10ClN3O3S2. The first-order valence-corrected chi connectivity index (χ1v) is 7.54. The molecule has 0 bridgehead atoms. The van der Waals surface area contributed by atoms with Crippen molar-refractivity contribution in [2.45, 2.75) is 16.3 Å².